The molecule has 0 amide bonds. The van der Waals surface area contributed by atoms with Gasteiger partial charge in [0.05, 0.1) is 5.69 Å². The Hall–Kier alpha value is -2.08. The van der Waals surface area contributed by atoms with Gasteiger partial charge in [-0.15, -0.1) is 0 Å². The van der Waals surface area contributed by atoms with Crippen molar-refractivity contribution in [3.63, 3.8) is 0 Å². The van der Waals surface area contributed by atoms with Crippen LogP contribution in [-0.4, -0.2) is 27.3 Å². The van der Waals surface area contributed by atoms with E-state index in [1.807, 2.05) is 24.3 Å². The summed E-state index contributed by atoms with van der Waals surface area (Å²) in [5.74, 6) is -0.00862. The van der Waals surface area contributed by atoms with Gasteiger partial charge in [0, 0.05) is 6.54 Å². The Labute approximate surface area is 129 Å². The van der Waals surface area contributed by atoms with E-state index < -0.39 is 10.0 Å². The van der Waals surface area contributed by atoms with E-state index in [9.17, 15) is 12.8 Å². The third-order valence-corrected chi connectivity index (χ3v) is 5.34. The van der Waals surface area contributed by atoms with E-state index in [0.717, 1.165) is 17.7 Å². The molecule has 2 aromatic rings. The van der Waals surface area contributed by atoms with Gasteiger partial charge in [0.25, 0.3) is 0 Å². The molecule has 0 unspecified atom stereocenters. The normalized spacial score (nSPS) is 14.0. The lowest BCUT2D eigenvalue weighted by Gasteiger charge is -2.19. The number of sulfonamides is 1. The summed E-state index contributed by atoms with van der Waals surface area (Å²) in [6.45, 7) is 0.505. The lowest BCUT2D eigenvalue weighted by molar-refractivity contribution is 0.340. The number of benzene rings is 2. The number of para-hydroxylation sites is 1. The number of ether oxygens (including phenoxy) is 1. The summed E-state index contributed by atoms with van der Waals surface area (Å²) in [4.78, 5) is 0. The Balaban J connectivity index is 1.64. The molecule has 0 saturated heterocycles. The molecule has 2 aromatic carbocycles. The fourth-order valence-corrected chi connectivity index (χ4v) is 3.86. The summed E-state index contributed by atoms with van der Waals surface area (Å²) in [5.41, 5.74) is 1.80. The molecule has 22 heavy (non-hydrogen) atoms. The van der Waals surface area contributed by atoms with Gasteiger partial charge in [-0.2, -0.15) is 0 Å². The van der Waals surface area contributed by atoms with Crippen LogP contribution in [0.2, 0.25) is 0 Å². The standard InChI is InChI=1S/C16H16FNO3S/c17-14-5-7-15(8-6-14)21-11-12-22(19,20)18-10-9-13-3-1-2-4-16(13)18/h1-8H,9-12H2. The van der Waals surface area contributed by atoms with Crippen LogP contribution in [-0.2, 0) is 16.4 Å². The molecule has 0 N–H and O–H groups in total. The number of nitrogens with zero attached hydrogens (tertiary/aromatic N) is 1. The van der Waals surface area contributed by atoms with Crippen molar-refractivity contribution in [1.29, 1.82) is 0 Å². The van der Waals surface area contributed by atoms with E-state index in [1.54, 1.807) is 0 Å². The molecule has 1 aliphatic heterocycles. The first-order chi connectivity index (χ1) is 10.6. The van der Waals surface area contributed by atoms with E-state index in [4.69, 9.17) is 4.74 Å². The highest BCUT2D eigenvalue weighted by Crippen LogP contribution is 2.29. The fourth-order valence-electron chi connectivity index (χ4n) is 2.50. The highest BCUT2D eigenvalue weighted by Gasteiger charge is 2.28. The summed E-state index contributed by atoms with van der Waals surface area (Å²) >= 11 is 0. The SMILES string of the molecule is O=S(=O)(CCOc1ccc(F)cc1)N1CCc2ccccc21. The van der Waals surface area contributed by atoms with Gasteiger partial charge < -0.3 is 4.74 Å². The quantitative estimate of drug-likeness (QED) is 0.850. The van der Waals surface area contributed by atoms with Gasteiger partial charge in [-0.3, -0.25) is 4.31 Å². The van der Waals surface area contributed by atoms with Gasteiger partial charge in [-0.1, -0.05) is 18.2 Å². The van der Waals surface area contributed by atoms with E-state index >= 15 is 0 Å². The second-order valence-electron chi connectivity index (χ2n) is 5.07. The van der Waals surface area contributed by atoms with E-state index in [1.165, 1.54) is 28.6 Å². The Morgan fingerprint density at radius 1 is 1.09 bits per heavy atom. The maximum absolute atomic E-state index is 12.8. The Bertz CT molecular complexity index is 759. The van der Waals surface area contributed by atoms with E-state index in [2.05, 4.69) is 0 Å². The van der Waals surface area contributed by atoms with Gasteiger partial charge in [0.2, 0.25) is 10.0 Å². The number of fused-ring (bicyclic) bond motifs is 1. The van der Waals surface area contributed by atoms with Crippen molar-refractivity contribution >= 4 is 15.7 Å². The molecule has 3 rings (SSSR count). The first-order valence-electron chi connectivity index (χ1n) is 7.03. The second kappa shape index (κ2) is 5.96. The molecule has 0 saturated carbocycles. The number of hydrogen-bond donors (Lipinski definition) is 0. The molecule has 6 heteroatoms. The van der Waals surface area contributed by atoms with Crippen LogP contribution < -0.4 is 9.04 Å². The molecule has 0 fully saturated rings. The van der Waals surface area contributed by atoms with E-state index in [-0.39, 0.29) is 18.2 Å². The Morgan fingerprint density at radius 3 is 2.59 bits per heavy atom. The molecular formula is C16H16FNO3S. The van der Waals surface area contributed by atoms with Crippen LogP contribution in [0.5, 0.6) is 5.75 Å². The van der Waals surface area contributed by atoms with Gasteiger partial charge in [0.15, 0.2) is 0 Å². The van der Waals surface area contributed by atoms with Crippen LogP contribution in [0.15, 0.2) is 48.5 Å². The average Bonchev–Trinajstić information content (AvgIpc) is 2.94. The molecule has 0 radical (unpaired) electrons. The van der Waals surface area contributed by atoms with Crippen molar-refractivity contribution in [2.75, 3.05) is 23.2 Å². The zero-order valence-electron chi connectivity index (χ0n) is 11.9. The van der Waals surface area contributed by atoms with Crippen LogP contribution in [0.3, 0.4) is 0 Å². The molecule has 1 aliphatic rings. The maximum Gasteiger partial charge on any atom is 0.238 e. The van der Waals surface area contributed by atoms with Crippen molar-refractivity contribution in [2.45, 2.75) is 6.42 Å². The van der Waals surface area contributed by atoms with Gasteiger partial charge in [0.1, 0.15) is 23.9 Å². The number of halogens is 1. The number of anilines is 1. The molecule has 1 heterocycles. The summed E-state index contributed by atoms with van der Waals surface area (Å²) in [6, 6.07) is 13.0. The smallest absolute Gasteiger partial charge is 0.238 e. The molecule has 0 atom stereocenters. The topological polar surface area (TPSA) is 46.6 Å². The average molecular weight is 321 g/mol. The third kappa shape index (κ3) is 3.06. The number of hydrogen-bond acceptors (Lipinski definition) is 3. The van der Waals surface area contributed by atoms with Crippen molar-refractivity contribution < 1.29 is 17.5 Å². The van der Waals surface area contributed by atoms with Gasteiger partial charge in [-0.05, 0) is 42.3 Å². The first kappa shape index (κ1) is 14.8. The Kier molecular flexibility index (Phi) is 4.02. The molecule has 4 nitrogen and oxygen atoms in total. The first-order valence-corrected chi connectivity index (χ1v) is 8.64. The highest BCUT2D eigenvalue weighted by atomic mass is 32.2. The summed E-state index contributed by atoms with van der Waals surface area (Å²) in [7, 11) is -3.42. The number of rotatable bonds is 5. The largest absolute Gasteiger partial charge is 0.492 e. The maximum atomic E-state index is 12.8. The zero-order chi connectivity index (χ0) is 15.6. The van der Waals surface area contributed by atoms with Crippen LogP contribution in [0.4, 0.5) is 10.1 Å². The van der Waals surface area contributed by atoms with Gasteiger partial charge >= 0.3 is 0 Å². The molecule has 0 spiro atoms. The van der Waals surface area contributed by atoms with Crippen molar-refractivity contribution in [2.24, 2.45) is 0 Å². The summed E-state index contributed by atoms with van der Waals surface area (Å²) in [6.07, 6.45) is 0.730. The fraction of sp³-hybridized carbons (Fsp3) is 0.250. The van der Waals surface area contributed by atoms with Crippen LogP contribution in [0.1, 0.15) is 5.56 Å². The van der Waals surface area contributed by atoms with E-state index in [0.29, 0.717) is 12.3 Å². The van der Waals surface area contributed by atoms with Crippen LogP contribution in [0.25, 0.3) is 0 Å². The third-order valence-electron chi connectivity index (χ3n) is 3.60. The minimum atomic E-state index is -3.42. The lowest BCUT2D eigenvalue weighted by atomic mass is 10.2. The predicted octanol–water partition coefficient (Wildman–Crippen LogP) is 2.60. The van der Waals surface area contributed by atoms with Crippen molar-refractivity contribution in [1.82, 2.24) is 0 Å². The van der Waals surface area contributed by atoms with Crippen molar-refractivity contribution in [3.05, 3.63) is 59.9 Å². The molecule has 0 bridgehead atoms. The van der Waals surface area contributed by atoms with Crippen molar-refractivity contribution in [3.8, 4) is 5.75 Å². The predicted molar refractivity (Wildman–Crippen MR) is 83.2 cm³/mol. The van der Waals surface area contributed by atoms with Crippen LogP contribution in [0, 0.1) is 5.82 Å². The molecule has 116 valence electrons. The van der Waals surface area contributed by atoms with Gasteiger partial charge in [-0.25, -0.2) is 12.8 Å². The highest BCUT2D eigenvalue weighted by molar-refractivity contribution is 7.92. The lowest BCUT2D eigenvalue weighted by Crippen LogP contribution is -2.33. The Morgan fingerprint density at radius 2 is 1.82 bits per heavy atom. The summed E-state index contributed by atoms with van der Waals surface area (Å²) in [5, 5.41) is 0. The molecule has 0 aromatic heterocycles. The summed E-state index contributed by atoms with van der Waals surface area (Å²) < 4.78 is 44.4. The minimum Gasteiger partial charge on any atom is -0.492 e. The molecular weight excluding hydrogens is 305 g/mol. The minimum absolute atomic E-state index is 0.0344. The zero-order valence-corrected chi connectivity index (χ0v) is 12.7. The second-order valence-corrected chi connectivity index (χ2v) is 7.08. The monoisotopic (exact) mass is 321 g/mol. The van der Waals surface area contributed by atoms with Crippen LogP contribution >= 0.6 is 0 Å². The molecule has 0 aliphatic carbocycles.